The number of alkyl halides is 13. The third kappa shape index (κ3) is 5.82. The van der Waals surface area contributed by atoms with E-state index in [4.69, 9.17) is 24.4 Å². The molecule has 0 fully saturated rings. The quantitative estimate of drug-likeness (QED) is 0.359. The third-order valence-corrected chi connectivity index (χ3v) is 2.42. The van der Waals surface area contributed by atoms with Crippen LogP contribution in [0.15, 0.2) is 0 Å². The predicted molar refractivity (Wildman–Crippen MR) is 56.8 cm³/mol. The van der Waals surface area contributed by atoms with Crippen molar-refractivity contribution in [3.05, 3.63) is 0 Å². The van der Waals surface area contributed by atoms with Gasteiger partial charge in [0.15, 0.2) is 0 Å². The summed E-state index contributed by atoms with van der Waals surface area (Å²) in [6, 6.07) is 0. The highest BCUT2D eigenvalue weighted by Crippen LogP contribution is 2.60. The number of halogens is 13. The Labute approximate surface area is 139 Å². The second kappa shape index (κ2) is 7.88. The van der Waals surface area contributed by atoms with E-state index >= 15 is 0 Å². The largest absolute Gasteiger partial charge is 0.466 e. The smallest absolute Gasteiger partial charge is 0.396 e. The van der Waals surface area contributed by atoms with Crippen LogP contribution in [-0.4, -0.2) is 62.2 Å². The maximum Gasteiger partial charge on any atom is 0.466 e. The molecule has 5 nitrogen and oxygen atoms in total. The molecule has 0 radical (unpaired) electrons. The fourth-order valence-corrected chi connectivity index (χ4v) is 1.10. The normalized spacial score (nSPS) is 15.3. The van der Waals surface area contributed by atoms with Crippen LogP contribution in [0, 0.1) is 0 Å². The zero-order chi connectivity index (χ0) is 22.9. The first kappa shape index (κ1) is 28.4. The Morgan fingerprint density at radius 1 is 0.593 bits per heavy atom. The van der Waals surface area contributed by atoms with Crippen LogP contribution in [0.1, 0.15) is 6.42 Å². The number of phosphoric acid groups is 1. The Hall–Kier alpha value is -0.840. The average Bonchev–Trinajstić information content (AvgIpc) is 2.34. The molecule has 0 saturated heterocycles. The van der Waals surface area contributed by atoms with Gasteiger partial charge in [0, 0.05) is 13.0 Å². The Morgan fingerprint density at radius 3 is 1.07 bits per heavy atom. The molecule has 0 bridgehead atoms. The summed E-state index contributed by atoms with van der Waals surface area (Å²) in [5.41, 5.74) is 0. The van der Waals surface area contributed by atoms with Crippen LogP contribution in [-0.2, 0) is 4.57 Å². The minimum atomic E-state index is -7.89. The number of hydrogen-bond acceptors (Lipinski definition) is 2. The van der Waals surface area contributed by atoms with Crippen molar-refractivity contribution in [3.63, 3.8) is 0 Å². The molecule has 166 valence electrons. The summed E-state index contributed by atoms with van der Waals surface area (Å²) in [6.45, 7) is -1.96. The monoisotopic (exact) mass is 462 g/mol. The van der Waals surface area contributed by atoms with E-state index in [9.17, 15) is 57.1 Å². The van der Waals surface area contributed by atoms with Crippen molar-refractivity contribution in [2.75, 3.05) is 6.61 Å². The highest BCUT2D eigenvalue weighted by atomic mass is 31.2. The number of hydrogen-bond donors (Lipinski definition) is 4. The van der Waals surface area contributed by atoms with Crippen molar-refractivity contribution in [1.82, 2.24) is 0 Å². The molecule has 0 unspecified atom stereocenters. The van der Waals surface area contributed by atoms with Gasteiger partial charge >= 0.3 is 43.6 Å². The van der Waals surface area contributed by atoms with Crippen LogP contribution in [0.2, 0.25) is 0 Å². The first-order chi connectivity index (χ1) is 11.3. The van der Waals surface area contributed by atoms with Crippen molar-refractivity contribution < 1.29 is 81.4 Å². The summed E-state index contributed by atoms with van der Waals surface area (Å²) in [7, 11) is -4.64. The van der Waals surface area contributed by atoms with E-state index in [2.05, 4.69) is 0 Å². The molecule has 0 spiro atoms. The molecule has 0 heterocycles. The molecule has 0 aliphatic heterocycles. The fourth-order valence-electron chi connectivity index (χ4n) is 1.10. The lowest BCUT2D eigenvalue weighted by molar-refractivity contribution is -0.440. The lowest BCUT2D eigenvalue weighted by atomic mass is 9.93. The van der Waals surface area contributed by atoms with Gasteiger partial charge in [0.2, 0.25) is 0 Å². The molecular formula is C8H8F13O5P. The first-order valence-electron chi connectivity index (χ1n) is 5.66. The van der Waals surface area contributed by atoms with Crippen LogP contribution in [0.4, 0.5) is 57.1 Å². The van der Waals surface area contributed by atoms with Gasteiger partial charge in [-0.3, -0.25) is 0 Å². The maximum atomic E-state index is 12.8. The van der Waals surface area contributed by atoms with Gasteiger partial charge in [0.1, 0.15) is 0 Å². The van der Waals surface area contributed by atoms with E-state index in [1.807, 2.05) is 0 Å². The molecular weight excluding hydrogens is 454 g/mol. The molecule has 0 amide bonds. The molecule has 19 heteroatoms. The molecule has 0 saturated carbocycles. The third-order valence-electron chi connectivity index (χ3n) is 2.42. The van der Waals surface area contributed by atoms with Crippen LogP contribution >= 0.6 is 7.82 Å². The zero-order valence-corrected chi connectivity index (χ0v) is 12.9. The Bertz CT molecular complexity index is 531. The van der Waals surface area contributed by atoms with Crippen molar-refractivity contribution in [1.29, 1.82) is 0 Å². The fraction of sp³-hybridized carbons (Fsp3) is 1.00. The number of aliphatic hydroxyl groups is 1. The van der Waals surface area contributed by atoms with E-state index in [0.29, 0.717) is 0 Å². The van der Waals surface area contributed by atoms with Gasteiger partial charge in [-0.05, 0) is 0 Å². The topological polar surface area (TPSA) is 98.0 Å². The lowest BCUT2D eigenvalue weighted by Crippen LogP contribution is -2.70. The standard InChI is InChI=1S/C8H5F13O.H3O4P/c9-3(10,1-2-22)4(11,12)5(13,14)6(15,16)7(17,18)8(19,20)21;1-5(2,3)4/h22H,1-2H2;(H3,1,2,3,4). The van der Waals surface area contributed by atoms with E-state index in [-0.39, 0.29) is 0 Å². The Balaban J connectivity index is 0. The van der Waals surface area contributed by atoms with Crippen molar-refractivity contribution in [2.45, 2.75) is 42.2 Å². The SMILES string of the molecule is O=P(O)(O)O.OCCC(F)(F)C(F)(F)C(F)(F)C(F)(F)C(F)(F)C(F)(F)F. The Morgan fingerprint density at radius 2 is 0.852 bits per heavy atom. The first-order valence-corrected chi connectivity index (χ1v) is 7.22. The molecule has 0 aromatic carbocycles. The van der Waals surface area contributed by atoms with Crippen LogP contribution in [0.3, 0.4) is 0 Å². The molecule has 0 aliphatic rings. The number of rotatable bonds is 6. The van der Waals surface area contributed by atoms with Crippen molar-refractivity contribution in [2.24, 2.45) is 0 Å². The van der Waals surface area contributed by atoms with Gasteiger partial charge in [0.25, 0.3) is 0 Å². The molecule has 0 aliphatic carbocycles. The van der Waals surface area contributed by atoms with Crippen LogP contribution in [0.25, 0.3) is 0 Å². The summed E-state index contributed by atoms with van der Waals surface area (Å²) in [4.78, 5) is 21.6. The van der Waals surface area contributed by atoms with E-state index in [1.54, 1.807) is 0 Å². The molecule has 0 aromatic heterocycles. The summed E-state index contributed by atoms with van der Waals surface area (Å²) in [5, 5.41) is 7.95. The molecule has 0 rings (SSSR count). The minimum Gasteiger partial charge on any atom is -0.396 e. The zero-order valence-electron chi connectivity index (χ0n) is 12.0. The number of aliphatic hydroxyl groups excluding tert-OH is 1. The van der Waals surface area contributed by atoms with Gasteiger partial charge in [-0.2, -0.15) is 57.1 Å². The molecule has 4 N–H and O–H groups in total. The predicted octanol–water partition coefficient (Wildman–Crippen LogP) is 3.18. The highest BCUT2D eigenvalue weighted by Gasteiger charge is 2.90. The minimum absolute atomic E-state index is 1.96. The van der Waals surface area contributed by atoms with Gasteiger partial charge in [0.05, 0.1) is 0 Å². The van der Waals surface area contributed by atoms with Gasteiger partial charge < -0.3 is 19.8 Å². The summed E-state index contributed by atoms with van der Waals surface area (Å²) in [6.07, 6.45) is -9.99. The lowest BCUT2D eigenvalue weighted by Gasteiger charge is -2.39. The highest BCUT2D eigenvalue weighted by molar-refractivity contribution is 7.45. The summed E-state index contributed by atoms with van der Waals surface area (Å²) >= 11 is 0. The van der Waals surface area contributed by atoms with E-state index < -0.39 is 56.6 Å². The second-order valence-corrected chi connectivity index (χ2v) is 5.51. The van der Waals surface area contributed by atoms with Gasteiger partial charge in [-0.1, -0.05) is 0 Å². The van der Waals surface area contributed by atoms with E-state index in [0.717, 1.165) is 0 Å². The summed E-state index contributed by atoms with van der Waals surface area (Å²) < 4.78 is 170. The van der Waals surface area contributed by atoms with Crippen LogP contribution < -0.4 is 0 Å². The molecule has 0 atom stereocenters. The van der Waals surface area contributed by atoms with Gasteiger partial charge in [-0.15, -0.1) is 0 Å². The van der Waals surface area contributed by atoms with E-state index in [1.165, 1.54) is 0 Å². The van der Waals surface area contributed by atoms with Crippen LogP contribution in [0.5, 0.6) is 0 Å². The van der Waals surface area contributed by atoms with Gasteiger partial charge in [-0.25, -0.2) is 4.57 Å². The van der Waals surface area contributed by atoms with Crippen molar-refractivity contribution in [3.8, 4) is 0 Å². The maximum absolute atomic E-state index is 12.8. The molecule has 27 heavy (non-hydrogen) atoms. The average molecular weight is 462 g/mol. The molecule has 0 aromatic rings. The Kier molecular flexibility index (Phi) is 8.28. The summed E-state index contributed by atoms with van der Waals surface area (Å²) in [5.74, 6) is -36.9. The van der Waals surface area contributed by atoms with Crippen molar-refractivity contribution >= 4 is 7.82 Å². The second-order valence-electron chi connectivity index (χ2n) is 4.49.